The molecule has 0 fully saturated rings. The first-order valence-electron chi connectivity index (χ1n) is 6.61. The molecular formula is C18H16O4. The molecule has 0 saturated heterocycles. The molecule has 0 spiro atoms. The maximum absolute atomic E-state index is 12.0. The van der Waals surface area contributed by atoms with Crippen LogP contribution in [0.5, 0.6) is 17.2 Å². The molecule has 0 aliphatic carbocycles. The highest BCUT2D eigenvalue weighted by Gasteiger charge is 2.12. The van der Waals surface area contributed by atoms with E-state index < -0.39 is 0 Å². The van der Waals surface area contributed by atoms with Gasteiger partial charge in [-0.2, -0.15) is 0 Å². The number of Topliss-reactive ketones (excluding diaryl/α,β-unsaturated/α-hetero) is 1. The Morgan fingerprint density at radius 3 is 2.00 bits per heavy atom. The molecule has 4 nitrogen and oxygen atoms in total. The average molecular weight is 296 g/mol. The van der Waals surface area contributed by atoms with Crippen molar-refractivity contribution in [2.75, 3.05) is 21.3 Å². The van der Waals surface area contributed by atoms with E-state index in [0.717, 1.165) is 0 Å². The van der Waals surface area contributed by atoms with E-state index in [1.54, 1.807) is 36.4 Å². The molecule has 0 saturated carbocycles. The molecule has 0 bridgehead atoms. The number of ketones is 1. The lowest BCUT2D eigenvalue weighted by Gasteiger charge is -2.12. The molecule has 0 atom stereocenters. The van der Waals surface area contributed by atoms with Gasteiger partial charge in [-0.3, -0.25) is 4.79 Å². The second kappa shape index (κ2) is 7.19. The molecule has 4 heteroatoms. The van der Waals surface area contributed by atoms with Crippen molar-refractivity contribution in [1.82, 2.24) is 0 Å². The van der Waals surface area contributed by atoms with Gasteiger partial charge in [0.15, 0.2) is 11.5 Å². The molecule has 2 rings (SSSR count). The van der Waals surface area contributed by atoms with Gasteiger partial charge in [-0.15, -0.1) is 0 Å². The van der Waals surface area contributed by atoms with E-state index >= 15 is 0 Å². The fourth-order valence-electron chi connectivity index (χ4n) is 1.94. The van der Waals surface area contributed by atoms with E-state index in [1.807, 2.05) is 6.07 Å². The lowest BCUT2D eigenvalue weighted by molar-refractivity contribution is 0.105. The van der Waals surface area contributed by atoms with Gasteiger partial charge in [-0.1, -0.05) is 36.3 Å². The Balaban J connectivity index is 2.35. The van der Waals surface area contributed by atoms with Gasteiger partial charge in [0.25, 0.3) is 0 Å². The summed E-state index contributed by atoms with van der Waals surface area (Å²) in [6, 6.07) is 12.3. The minimum Gasteiger partial charge on any atom is -0.493 e. The summed E-state index contributed by atoms with van der Waals surface area (Å²) in [5, 5.41) is 0. The summed E-state index contributed by atoms with van der Waals surface area (Å²) in [6.45, 7) is 0. The van der Waals surface area contributed by atoms with Crippen LogP contribution in [-0.4, -0.2) is 27.1 Å². The predicted molar refractivity (Wildman–Crippen MR) is 83.7 cm³/mol. The van der Waals surface area contributed by atoms with Crippen molar-refractivity contribution in [3.05, 3.63) is 53.6 Å². The van der Waals surface area contributed by atoms with Crippen LogP contribution in [0.4, 0.5) is 0 Å². The van der Waals surface area contributed by atoms with Gasteiger partial charge >= 0.3 is 0 Å². The number of hydrogen-bond donors (Lipinski definition) is 0. The summed E-state index contributed by atoms with van der Waals surface area (Å²) in [7, 11) is 4.60. The Labute approximate surface area is 129 Å². The summed E-state index contributed by atoms with van der Waals surface area (Å²) < 4.78 is 15.7. The van der Waals surface area contributed by atoms with Crippen LogP contribution >= 0.6 is 0 Å². The highest BCUT2D eigenvalue weighted by Crippen LogP contribution is 2.37. The minimum absolute atomic E-state index is 0.241. The minimum atomic E-state index is -0.241. The fourth-order valence-corrected chi connectivity index (χ4v) is 1.94. The van der Waals surface area contributed by atoms with E-state index in [4.69, 9.17) is 14.2 Å². The molecule has 0 amide bonds. The zero-order valence-electron chi connectivity index (χ0n) is 12.7. The zero-order valence-corrected chi connectivity index (χ0v) is 12.7. The van der Waals surface area contributed by atoms with Crippen molar-refractivity contribution in [2.24, 2.45) is 0 Å². The maximum atomic E-state index is 12.0. The molecule has 0 N–H and O–H groups in total. The Morgan fingerprint density at radius 1 is 0.909 bits per heavy atom. The number of carbonyl (C=O) groups excluding carboxylic acids is 1. The molecule has 2 aromatic rings. The van der Waals surface area contributed by atoms with Crippen LogP contribution in [-0.2, 0) is 0 Å². The summed E-state index contributed by atoms with van der Waals surface area (Å²) in [6.07, 6.45) is 0. The van der Waals surface area contributed by atoms with Crippen molar-refractivity contribution in [3.63, 3.8) is 0 Å². The van der Waals surface area contributed by atoms with Crippen LogP contribution in [0.2, 0.25) is 0 Å². The van der Waals surface area contributed by atoms with Gasteiger partial charge in [-0.05, 0) is 18.1 Å². The third kappa shape index (κ3) is 3.39. The standard InChI is InChI=1S/C18H16O4/c1-20-16-11-13(12-17(21-2)18(16)22-3)9-10-15(19)14-7-5-4-6-8-14/h4-8,11-12H,1-3H3. The molecule has 0 unspecified atom stereocenters. The number of benzene rings is 2. The molecule has 0 aliphatic rings. The van der Waals surface area contributed by atoms with Gasteiger partial charge in [0.1, 0.15) is 0 Å². The monoisotopic (exact) mass is 296 g/mol. The van der Waals surface area contributed by atoms with E-state index in [1.165, 1.54) is 21.3 Å². The first-order chi connectivity index (χ1) is 10.7. The largest absolute Gasteiger partial charge is 0.493 e. The quantitative estimate of drug-likeness (QED) is 0.643. The van der Waals surface area contributed by atoms with Crippen LogP contribution in [0, 0.1) is 11.8 Å². The van der Waals surface area contributed by atoms with Crippen LogP contribution in [0.15, 0.2) is 42.5 Å². The number of rotatable bonds is 4. The van der Waals surface area contributed by atoms with Crippen LogP contribution < -0.4 is 14.2 Å². The third-order valence-corrected chi connectivity index (χ3v) is 3.02. The van der Waals surface area contributed by atoms with Crippen molar-refractivity contribution in [1.29, 1.82) is 0 Å². The summed E-state index contributed by atoms with van der Waals surface area (Å²) in [5.41, 5.74) is 1.17. The number of methoxy groups -OCH3 is 3. The average Bonchev–Trinajstić information content (AvgIpc) is 2.59. The molecule has 0 radical (unpaired) electrons. The Morgan fingerprint density at radius 2 is 1.50 bits per heavy atom. The van der Waals surface area contributed by atoms with E-state index in [-0.39, 0.29) is 5.78 Å². The van der Waals surface area contributed by atoms with Crippen molar-refractivity contribution >= 4 is 5.78 Å². The van der Waals surface area contributed by atoms with Crippen LogP contribution in [0.3, 0.4) is 0 Å². The van der Waals surface area contributed by atoms with Crippen molar-refractivity contribution in [3.8, 4) is 29.1 Å². The van der Waals surface area contributed by atoms with Gasteiger partial charge in [0, 0.05) is 11.1 Å². The normalized spacial score (nSPS) is 9.41. The van der Waals surface area contributed by atoms with E-state index in [0.29, 0.717) is 28.4 Å². The second-order valence-electron chi connectivity index (χ2n) is 4.36. The van der Waals surface area contributed by atoms with Crippen molar-refractivity contribution in [2.45, 2.75) is 0 Å². The van der Waals surface area contributed by atoms with Crippen LogP contribution in [0.25, 0.3) is 0 Å². The second-order valence-corrected chi connectivity index (χ2v) is 4.36. The predicted octanol–water partition coefficient (Wildman–Crippen LogP) is 2.95. The molecule has 0 aromatic heterocycles. The lowest BCUT2D eigenvalue weighted by atomic mass is 10.1. The molecule has 0 heterocycles. The molecule has 2 aromatic carbocycles. The van der Waals surface area contributed by atoms with Crippen molar-refractivity contribution < 1.29 is 19.0 Å². The summed E-state index contributed by atoms with van der Waals surface area (Å²) in [4.78, 5) is 12.0. The highest BCUT2D eigenvalue weighted by atomic mass is 16.5. The molecule has 0 aliphatic heterocycles. The number of carbonyl (C=O) groups is 1. The molecule has 22 heavy (non-hydrogen) atoms. The Hall–Kier alpha value is -2.93. The van der Waals surface area contributed by atoms with Crippen LogP contribution in [0.1, 0.15) is 15.9 Å². The Bertz CT molecular complexity index is 699. The fraction of sp³-hybridized carbons (Fsp3) is 0.167. The molecule has 112 valence electrons. The molecular weight excluding hydrogens is 280 g/mol. The van der Waals surface area contributed by atoms with Gasteiger partial charge < -0.3 is 14.2 Å². The first-order valence-corrected chi connectivity index (χ1v) is 6.61. The summed E-state index contributed by atoms with van der Waals surface area (Å²) in [5.74, 6) is 6.69. The first kappa shape index (κ1) is 15.5. The van der Waals surface area contributed by atoms with Gasteiger partial charge in [-0.25, -0.2) is 0 Å². The SMILES string of the molecule is COc1cc(C#CC(=O)c2ccccc2)cc(OC)c1OC. The Kier molecular flexibility index (Phi) is 5.05. The number of ether oxygens (including phenoxy) is 3. The van der Waals surface area contributed by atoms with Gasteiger partial charge in [0.2, 0.25) is 11.5 Å². The number of hydrogen-bond acceptors (Lipinski definition) is 4. The van der Waals surface area contributed by atoms with E-state index in [2.05, 4.69) is 11.8 Å². The topological polar surface area (TPSA) is 44.8 Å². The third-order valence-electron chi connectivity index (χ3n) is 3.02. The maximum Gasteiger partial charge on any atom is 0.236 e. The lowest BCUT2D eigenvalue weighted by Crippen LogP contribution is -1.96. The smallest absolute Gasteiger partial charge is 0.236 e. The summed E-state index contributed by atoms with van der Waals surface area (Å²) >= 11 is 0. The zero-order chi connectivity index (χ0) is 15.9. The highest BCUT2D eigenvalue weighted by molar-refractivity contribution is 6.09. The van der Waals surface area contributed by atoms with Gasteiger partial charge in [0.05, 0.1) is 21.3 Å². The van der Waals surface area contributed by atoms with E-state index in [9.17, 15) is 4.79 Å².